The molecule has 190 valence electrons. The van der Waals surface area contributed by atoms with E-state index in [2.05, 4.69) is 0 Å². The maximum atomic E-state index is 13.3. The van der Waals surface area contributed by atoms with Gasteiger partial charge >= 0.3 is 0 Å². The van der Waals surface area contributed by atoms with Gasteiger partial charge in [0.05, 0.1) is 0 Å². The van der Waals surface area contributed by atoms with E-state index in [1.807, 2.05) is 101 Å². The Bertz CT molecular complexity index is 1120. The van der Waals surface area contributed by atoms with E-state index < -0.39 is 0 Å². The molecule has 0 atom stereocenters. The number of carbonyl (C=O) groups excluding carboxylic acids is 2. The van der Waals surface area contributed by atoms with Crippen LogP contribution in [0.25, 0.3) is 5.69 Å². The molecule has 0 bridgehead atoms. The van der Waals surface area contributed by atoms with Gasteiger partial charge < -0.3 is 19.1 Å². The third-order valence-electron chi connectivity index (χ3n) is 6.67. The van der Waals surface area contributed by atoms with Crippen molar-refractivity contribution in [2.45, 2.75) is 52.5 Å². The maximum absolute atomic E-state index is 13.3. The highest BCUT2D eigenvalue weighted by atomic mass is 16.5. The predicted molar refractivity (Wildman–Crippen MR) is 143 cm³/mol. The van der Waals surface area contributed by atoms with Crippen LogP contribution < -0.4 is 9.64 Å². The fraction of sp³-hybridized carbons (Fsp3) is 0.400. The van der Waals surface area contributed by atoms with Crippen LogP contribution in [0.2, 0.25) is 0 Å². The molecule has 2 aromatic carbocycles. The van der Waals surface area contributed by atoms with Crippen LogP contribution in [-0.4, -0.2) is 41.0 Å². The van der Waals surface area contributed by atoms with Crippen LogP contribution in [0.1, 0.15) is 51.5 Å². The van der Waals surface area contributed by atoms with E-state index in [0.29, 0.717) is 25.4 Å². The lowest BCUT2D eigenvalue weighted by Gasteiger charge is -2.30. The normalized spacial score (nSPS) is 15.1. The van der Waals surface area contributed by atoms with Crippen molar-refractivity contribution in [1.82, 2.24) is 9.47 Å². The van der Waals surface area contributed by atoms with Gasteiger partial charge in [0, 0.05) is 49.3 Å². The zero-order valence-electron chi connectivity index (χ0n) is 21.4. The molecule has 0 saturated carbocycles. The molecule has 6 heteroatoms. The monoisotopic (exact) mass is 487 g/mol. The Labute approximate surface area is 214 Å². The minimum atomic E-state index is -0.0824. The standard InChI is InChI=1S/C30H37N3O3/c1-24(2)30(35)33-21-9-5-3-4-8-20-32(22-25-12-6-7-13-28(25)33)29(34)23-36-27-16-14-26(15-17-27)31-18-10-11-19-31/h6-7,10-19,24H,3-5,8-9,20-23H2,1-2H3. The van der Waals surface area contributed by atoms with Crippen molar-refractivity contribution in [2.75, 3.05) is 24.6 Å². The van der Waals surface area contributed by atoms with Gasteiger partial charge in [-0.1, -0.05) is 51.3 Å². The van der Waals surface area contributed by atoms with E-state index in [9.17, 15) is 9.59 Å². The highest BCUT2D eigenvalue weighted by molar-refractivity contribution is 5.95. The van der Waals surface area contributed by atoms with Crippen LogP contribution in [-0.2, 0) is 16.1 Å². The van der Waals surface area contributed by atoms with Gasteiger partial charge in [0.25, 0.3) is 5.91 Å². The van der Waals surface area contributed by atoms with Crippen LogP contribution in [0.15, 0.2) is 73.1 Å². The lowest BCUT2D eigenvalue weighted by molar-refractivity contribution is -0.134. The number of anilines is 1. The molecule has 6 nitrogen and oxygen atoms in total. The molecule has 0 aliphatic carbocycles. The number of nitrogens with zero attached hydrogens (tertiary/aromatic N) is 3. The van der Waals surface area contributed by atoms with Crippen molar-refractivity contribution >= 4 is 17.5 Å². The Hall–Kier alpha value is -3.54. The summed E-state index contributed by atoms with van der Waals surface area (Å²) >= 11 is 0. The molecule has 36 heavy (non-hydrogen) atoms. The first-order valence-electron chi connectivity index (χ1n) is 13.1. The van der Waals surface area contributed by atoms with Gasteiger partial charge in [0.2, 0.25) is 5.91 Å². The fourth-order valence-corrected chi connectivity index (χ4v) is 4.63. The largest absolute Gasteiger partial charge is 0.484 e. The smallest absolute Gasteiger partial charge is 0.260 e. The minimum absolute atomic E-state index is 0.0142. The molecule has 2 heterocycles. The van der Waals surface area contributed by atoms with Crippen molar-refractivity contribution in [2.24, 2.45) is 5.92 Å². The first-order valence-corrected chi connectivity index (χ1v) is 13.1. The number of para-hydroxylation sites is 1. The molecule has 0 unspecified atom stereocenters. The number of carbonyl (C=O) groups is 2. The van der Waals surface area contributed by atoms with E-state index in [-0.39, 0.29) is 24.3 Å². The summed E-state index contributed by atoms with van der Waals surface area (Å²) in [7, 11) is 0. The topological polar surface area (TPSA) is 54.8 Å². The molecule has 0 N–H and O–H groups in total. The zero-order valence-corrected chi connectivity index (χ0v) is 21.4. The molecular formula is C30H37N3O3. The summed E-state index contributed by atoms with van der Waals surface area (Å²) in [5.74, 6) is 0.672. The SMILES string of the molecule is CC(C)C(=O)N1CCCCCCCN(C(=O)COc2ccc(-n3cccc3)cc2)Cc2ccccc21. The van der Waals surface area contributed by atoms with Crippen molar-refractivity contribution in [3.05, 3.63) is 78.6 Å². The second-order valence-corrected chi connectivity index (χ2v) is 9.73. The van der Waals surface area contributed by atoms with Crippen molar-refractivity contribution < 1.29 is 14.3 Å². The number of hydrogen-bond donors (Lipinski definition) is 0. The highest BCUT2D eigenvalue weighted by Crippen LogP contribution is 2.26. The third kappa shape index (κ3) is 6.56. The first-order chi connectivity index (χ1) is 17.5. The van der Waals surface area contributed by atoms with Crippen LogP contribution in [0.5, 0.6) is 5.75 Å². The average molecular weight is 488 g/mol. The quantitative estimate of drug-likeness (QED) is 0.454. The molecule has 4 rings (SSSR count). The molecule has 3 aromatic rings. The Kier molecular flexibility index (Phi) is 8.82. The van der Waals surface area contributed by atoms with Crippen molar-refractivity contribution in [3.8, 4) is 11.4 Å². The fourth-order valence-electron chi connectivity index (χ4n) is 4.63. The van der Waals surface area contributed by atoms with Crippen LogP contribution in [0.3, 0.4) is 0 Å². The van der Waals surface area contributed by atoms with Crippen LogP contribution in [0.4, 0.5) is 5.69 Å². The molecule has 0 spiro atoms. The van der Waals surface area contributed by atoms with Gasteiger partial charge in [0.1, 0.15) is 5.75 Å². The van der Waals surface area contributed by atoms with E-state index >= 15 is 0 Å². The summed E-state index contributed by atoms with van der Waals surface area (Å²) in [6, 6.07) is 19.7. The van der Waals surface area contributed by atoms with E-state index in [1.54, 1.807) is 0 Å². The summed E-state index contributed by atoms with van der Waals surface area (Å²) in [5, 5.41) is 0. The van der Waals surface area contributed by atoms with E-state index in [0.717, 1.165) is 49.0 Å². The van der Waals surface area contributed by atoms with Crippen LogP contribution >= 0.6 is 0 Å². The number of ether oxygens (including phenoxy) is 1. The molecular weight excluding hydrogens is 450 g/mol. The average Bonchev–Trinajstić information content (AvgIpc) is 3.43. The van der Waals surface area contributed by atoms with E-state index in [4.69, 9.17) is 4.74 Å². The second kappa shape index (κ2) is 12.4. The van der Waals surface area contributed by atoms with Gasteiger partial charge in [-0.3, -0.25) is 9.59 Å². The summed E-state index contributed by atoms with van der Waals surface area (Å²) in [6.07, 6.45) is 9.21. The Morgan fingerprint density at radius 1 is 0.833 bits per heavy atom. The van der Waals surface area contributed by atoms with Gasteiger partial charge in [-0.2, -0.15) is 0 Å². The molecule has 0 fully saturated rings. The molecule has 1 aliphatic heterocycles. The number of fused-ring (bicyclic) bond motifs is 1. The number of aromatic nitrogens is 1. The molecule has 2 amide bonds. The lowest BCUT2D eigenvalue weighted by Crippen LogP contribution is -2.38. The number of hydrogen-bond acceptors (Lipinski definition) is 3. The zero-order chi connectivity index (χ0) is 25.3. The number of benzene rings is 2. The summed E-state index contributed by atoms with van der Waals surface area (Å²) < 4.78 is 7.90. The van der Waals surface area contributed by atoms with Crippen molar-refractivity contribution in [3.63, 3.8) is 0 Å². The highest BCUT2D eigenvalue weighted by Gasteiger charge is 2.23. The van der Waals surface area contributed by atoms with E-state index in [1.165, 1.54) is 0 Å². The minimum Gasteiger partial charge on any atom is -0.484 e. The van der Waals surface area contributed by atoms with Gasteiger partial charge in [-0.05, 0) is 60.9 Å². The lowest BCUT2D eigenvalue weighted by atomic mass is 10.1. The molecule has 0 radical (unpaired) electrons. The van der Waals surface area contributed by atoms with Gasteiger partial charge in [0.15, 0.2) is 6.61 Å². The summed E-state index contributed by atoms with van der Waals surface area (Å²) in [4.78, 5) is 30.2. The first kappa shape index (κ1) is 25.5. The second-order valence-electron chi connectivity index (χ2n) is 9.73. The summed E-state index contributed by atoms with van der Waals surface area (Å²) in [6.45, 7) is 5.73. The maximum Gasteiger partial charge on any atom is 0.260 e. The van der Waals surface area contributed by atoms with Crippen molar-refractivity contribution in [1.29, 1.82) is 0 Å². The van der Waals surface area contributed by atoms with Crippen LogP contribution in [0, 0.1) is 5.92 Å². The molecule has 1 aromatic heterocycles. The predicted octanol–water partition coefficient (Wildman–Crippen LogP) is 5.84. The number of amides is 2. The third-order valence-corrected chi connectivity index (χ3v) is 6.67. The molecule has 0 saturated heterocycles. The molecule has 1 aliphatic rings. The summed E-state index contributed by atoms with van der Waals surface area (Å²) in [5.41, 5.74) is 2.95. The van der Waals surface area contributed by atoms with Gasteiger partial charge in [-0.25, -0.2) is 0 Å². The Morgan fingerprint density at radius 3 is 2.22 bits per heavy atom. The Balaban J connectivity index is 1.48. The van der Waals surface area contributed by atoms with Gasteiger partial charge in [-0.15, -0.1) is 0 Å². The number of rotatable bonds is 5. The Morgan fingerprint density at radius 2 is 1.50 bits per heavy atom.